The molecule has 0 rings (SSSR count). The smallest absolute Gasteiger partial charge is 0.462 e. The lowest BCUT2D eigenvalue weighted by atomic mass is 10.0. The molecule has 588 valence electrons. The highest BCUT2D eigenvalue weighted by Crippen LogP contribution is 2.45. The fourth-order valence-electron chi connectivity index (χ4n) is 12.4. The van der Waals surface area contributed by atoms with E-state index in [1.165, 1.54) is 244 Å². The summed E-state index contributed by atoms with van der Waals surface area (Å²) in [6.07, 6.45) is 64.4. The molecule has 0 fully saturated rings. The Morgan fingerprint density at radius 2 is 0.465 bits per heavy atom. The van der Waals surface area contributed by atoms with Crippen LogP contribution in [0, 0.1) is 5.92 Å². The first-order chi connectivity index (χ1) is 48.0. The van der Waals surface area contributed by atoms with Crippen LogP contribution in [0.1, 0.15) is 426 Å². The fraction of sp³-hybridized carbons (Fsp3) is 0.950. The molecule has 0 amide bonds. The van der Waals surface area contributed by atoms with Crippen LogP contribution in [0.25, 0.3) is 0 Å². The Bertz CT molecular complexity index is 1890. The van der Waals surface area contributed by atoms with Crippen molar-refractivity contribution in [3.63, 3.8) is 0 Å². The quantitative estimate of drug-likeness (QED) is 0.0222. The third-order valence-electron chi connectivity index (χ3n) is 18.8. The average Bonchev–Trinajstić information content (AvgIpc) is 1.27. The van der Waals surface area contributed by atoms with E-state index in [1.54, 1.807) is 0 Å². The maximum atomic E-state index is 13.1. The van der Waals surface area contributed by atoms with Gasteiger partial charge in [0.25, 0.3) is 0 Å². The lowest BCUT2D eigenvalue weighted by Crippen LogP contribution is -2.30. The van der Waals surface area contributed by atoms with Gasteiger partial charge in [-0.3, -0.25) is 37.3 Å². The second-order valence-electron chi connectivity index (χ2n) is 29.3. The van der Waals surface area contributed by atoms with Gasteiger partial charge < -0.3 is 33.8 Å². The zero-order valence-electron chi connectivity index (χ0n) is 64.6. The number of ether oxygens (including phenoxy) is 4. The summed E-state index contributed by atoms with van der Waals surface area (Å²) in [5, 5.41) is 10.6. The molecule has 99 heavy (non-hydrogen) atoms. The first-order valence-electron chi connectivity index (χ1n) is 41.6. The Morgan fingerprint density at radius 1 is 0.273 bits per heavy atom. The minimum atomic E-state index is -4.96. The Hall–Kier alpha value is -1.94. The lowest BCUT2D eigenvalue weighted by molar-refractivity contribution is -0.161. The van der Waals surface area contributed by atoms with Gasteiger partial charge >= 0.3 is 39.5 Å². The predicted molar refractivity (Wildman–Crippen MR) is 405 cm³/mol. The van der Waals surface area contributed by atoms with Crippen molar-refractivity contribution in [2.75, 3.05) is 39.6 Å². The molecular weight excluding hydrogens is 1290 g/mol. The highest BCUT2D eigenvalue weighted by molar-refractivity contribution is 7.47. The maximum absolute atomic E-state index is 13.1. The van der Waals surface area contributed by atoms with E-state index < -0.39 is 97.5 Å². The van der Waals surface area contributed by atoms with Crippen LogP contribution < -0.4 is 0 Å². The summed E-state index contributed by atoms with van der Waals surface area (Å²) in [5.41, 5.74) is 0. The van der Waals surface area contributed by atoms with E-state index in [9.17, 15) is 43.2 Å². The third-order valence-corrected chi connectivity index (χ3v) is 20.7. The molecule has 19 heteroatoms. The van der Waals surface area contributed by atoms with Gasteiger partial charge in [0.1, 0.15) is 19.3 Å². The van der Waals surface area contributed by atoms with E-state index in [-0.39, 0.29) is 25.7 Å². The summed E-state index contributed by atoms with van der Waals surface area (Å²) in [4.78, 5) is 72.7. The summed E-state index contributed by atoms with van der Waals surface area (Å²) in [7, 11) is -9.91. The summed E-state index contributed by atoms with van der Waals surface area (Å²) in [6, 6.07) is 0. The summed E-state index contributed by atoms with van der Waals surface area (Å²) >= 11 is 0. The van der Waals surface area contributed by atoms with E-state index >= 15 is 0 Å². The zero-order valence-corrected chi connectivity index (χ0v) is 66.4. The molecule has 0 heterocycles. The zero-order chi connectivity index (χ0) is 72.7. The second kappa shape index (κ2) is 73.0. The Morgan fingerprint density at radius 3 is 0.687 bits per heavy atom. The van der Waals surface area contributed by atoms with Crippen LogP contribution in [0.2, 0.25) is 0 Å². The van der Waals surface area contributed by atoms with Crippen molar-refractivity contribution in [3.05, 3.63) is 0 Å². The molecule has 0 aromatic rings. The number of rotatable bonds is 80. The summed E-state index contributed by atoms with van der Waals surface area (Å²) in [6.45, 7) is 7.26. The number of phosphoric acid groups is 2. The average molecular weight is 1450 g/mol. The van der Waals surface area contributed by atoms with E-state index in [2.05, 4.69) is 34.6 Å². The van der Waals surface area contributed by atoms with Crippen LogP contribution in [0.15, 0.2) is 0 Å². The standard InChI is InChI=1S/C80H156O17P2/c1-6-9-12-15-17-19-21-23-25-26-27-28-29-30-35-39-43-47-51-56-61-66-80(85)97-76(70-91-78(83)64-59-54-49-45-41-38-34-32-31-33-36-40-44-48-53-57-62-73(4)5)72-95-99(88,89)93-68-74(81)67-92-98(86,87)94-71-75(69-90-77(82)63-58-52-14-11-8-3)96-79(84)65-60-55-50-46-42-37-24-22-20-18-16-13-10-7-2/h73-76,81H,6-72H2,1-5H3,(H,86,87)(H,88,89)/t74-,75+,76+/m0/s1. The number of aliphatic hydroxyl groups is 1. The topological polar surface area (TPSA) is 237 Å². The SMILES string of the molecule is CCCCCCCCCCCCCCCCCCCCCCCC(=O)O[C@H](COC(=O)CCCCCCCCCCCCCCCCCCC(C)C)COP(=O)(O)OC[C@@H](O)COP(=O)(O)OC[C@@H](COC(=O)CCCCCCC)OC(=O)CCCCCCCCCCCCCCCC. The number of phosphoric ester groups is 2. The predicted octanol–water partition coefficient (Wildman–Crippen LogP) is 24.0. The number of carbonyl (C=O) groups is 4. The monoisotopic (exact) mass is 1450 g/mol. The van der Waals surface area contributed by atoms with Crippen LogP contribution >= 0.6 is 15.6 Å². The molecule has 0 spiro atoms. The maximum Gasteiger partial charge on any atom is 0.472 e. The number of esters is 4. The molecule has 5 atom stereocenters. The van der Waals surface area contributed by atoms with Gasteiger partial charge in [0.2, 0.25) is 0 Å². The minimum absolute atomic E-state index is 0.107. The van der Waals surface area contributed by atoms with Crippen molar-refractivity contribution in [1.82, 2.24) is 0 Å². The van der Waals surface area contributed by atoms with Crippen molar-refractivity contribution in [2.24, 2.45) is 5.92 Å². The van der Waals surface area contributed by atoms with Crippen molar-refractivity contribution in [2.45, 2.75) is 445 Å². The van der Waals surface area contributed by atoms with Crippen molar-refractivity contribution >= 4 is 39.5 Å². The highest BCUT2D eigenvalue weighted by atomic mass is 31.2. The van der Waals surface area contributed by atoms with Crippen molar-refractivity contribution in [1.29, 1.82) is 0 Å². The summed E-state index contributed by atoms with van der Waals surface area (Å²) in [5.74, 6) is -1.31. The van der Waals surface area contributed by atoms with Gasteiger partial charge in [-0.05, 0) is 31.6 Å². The molecular formula is C80H156O17P2. The molecule has 0 radical (unpaired) electrons. The molecule has 0 aromatic carbocycles. The van der Waals surface area contributed by atoms with E-state index in [4.69, 9.17) is 37.0 Å². The first kappa shape index (κ1) is 97.1. The Balaban J connectivity index is 5.11. The van der Waals surface area contributed by atoms with Gasteiger partial charge in [-0.1, -0.05) is 375 Å². The molecule has 0 aliphatic heterocycles. The second-order valence-corrected chi connectivity index (χ2v) is 32.2. The van der Waals surface area contributed by atoms with E-state index in [1.807, 2.05) is 0 Å². The normalized spacial score (nSPS) is 13.9. The van der Waals surface area contributed by atoms with Crippen LogP contribution in [-0.2, 0) is 65.4 Å². The highest BCUT2D eigenvalue weighted by Gasteiger charge is 2.30. The molecule has 0 saturated carbocycles. The fourth-order valence-corrected chi connectivity index (χ4v) is 14.0. The van der Waals surface area contributed by atoms with Gasteiger partial charge in [0.05, 0.1) is 26.4 Å². The van der Waals surface area contributed by atoms with Gasteiger partial charge in [-0.2, -0.15) is 0 Å². The third kappa shape index (κ3) is 74.1. The van der Waals surface area contributed by atoms with Gasteiger partial charge in [0.15, 0.2) is 12.2 Å². The largest absolute Gasteiger partial charge is 0.472 e. The molecule has 0 saturated heterocycles. The van der Waals surface area contributed by atoms with Crippen molar-refractivity contribution < 1.29 is 80.2 Å². The number of hydrogen-bond donors (Lipinski definition) is 3. The van der Waals surface area contributed by atoms with Gasteiger partial charge in [0, 0.05) is 25.7 Å². The molecule has 0 aliphatic carbocycles. The summed E-state index contributed by atoms with van der Waals surface area (Å²) < 4.78 is 68.4. The Labute approximate surface area is 607 Å². The van der Waals surface area contributed by atoms with Crippen LogP contribution in [0.3, 0.4) is 0 Å². The molecule has 2 unspecified atom stereocenters. The molecule has 3 N–H and O–H groups in total. The van der Waals surface area contributed by atoms with Gasteiger partial charge in [-0.15, -0.1) is 0 Å². The molecule has 0 aliphatic rings. The molecule has 0 bridgehead atoms. The van der Waals surface area contributed by atoms with Crippen LogP contribution in [-0.4, -0.2) is 96.7 Å². The van der Waals surface area contributed by atoms with Crippen LogP contribution in [0.4, 0.5) is 0 Å². The lowest BCUT2D eigenvalue weighted by Gasteiger charge is -2.21. The van der Waals surface area contributed by atoms with E-state index in [0.29, 0.717) is 25.7 Å². The number of carbonyl (C=O) groups excluding carboxylic acids is 4. The van der Waals surface area contributed by atoms with Crippen molar-refractivity contribution in [3.8, 4) is 0 Å². The molecule has 17 nitrogen and oxygen atoms in total. The number of unbranched alkanes of at least 4 members (excludes halogenated alkanes) is 52. The van der Waals surface area contributed by atoms with Gasteiger partial charge in [-0.25, -0.2) is 9.13 Å². The Kier molecular flexibility index (Phi) is 71.6. The van der Waals surface area contributed by atoms with Crippen LogP contribution in [0.5, 0.6) is 0 Å². The number of aliphatic hydroxyl groups excluding tert-OH is 1. The minimum Gasteiger partial charge on any atom is -0.462 e. The first-order valence-corrected chi connectivity index (χ1v) is 44.6. The number of hydrogen-bond acceptors (Lipinski definition) is 15. The molecule has 0 aromatic heterocycles. The van der Waals surface area contributed by atoms with E-state index in [0.717, 1.165) is 102 Å².